The van der Waals surface area contributed by atoms with Crippen molar-refractivity contribution >= 4 is 41.0 Å². The Morgan fingerprint density at radius 1 is 1.38 bits per heavy atom. The molecule has 3 aromatic rings. The van der Waals surface area contributed by atoms with E-state index in [1.165, 1.54) is 18.0 Å². The summed E-state index contributed by atoms with van der Waals surface area (Å²) in [6.07, 6.45) is 6.56. The van der Waals surface area contributed by atoms with Gasteiger partial charge in [0.25, 0.3) is 5.91 Å². The average Bonchev–Trinajstić information content (AvgIpc) is 3.21. The Labute approximate surface area is 143 Å². The van der Waals surface area contributed by atoms with Crippen LogP contribution in [0.3, 0.4) is 0 Å². The fourth-order valence-corrected chi connectivity index (χ4v) is 2.96. The maximum atomic E-state index is 11.8. The van der Waals surface area contributed by atoms with E-state index < -0.39 is 0 Å². The van der Waals surface area contributed by atoms with Crippen molar-refractivity contribution in [1.29, 1.82) is 0 Å². The number of rotatable bonds is 6. The van der Waals surface area contributed by atoms with E-state index in [4.69, 9.17) is 4.42 Å². The van der Waals surface area contributed by atoms with Crippen LogP contribution in [0.2, 0.25) is 0 Å². The molecule has 2 aromatic heterocycles. The Morgan fingerprint density at radius 2 is 2.25 bits per heavy atom. The number of aromatic amines is 1. The van der Waals surface area contributed by atoms with E-state index in [-0.39, 0.29) is 11.7 Å². The molecule has 24 heavy (non-hydrogen) atoms. The molecule has 6 nitrogen and oxygen atoms in total. The van der Waals surface area contributed by atoms with Gasteiger partial charge in [0.1, 0.15) is 5.76 Å². The van der Waals surface area contributed by atoms with Crippen molar-refractivity contribution in [3.05, 3.63) is 54.5 Å². The molecule has 3 rings (SSSR count). The predicted molar refractivity (Wildman–Crippen MR) is 94.6 cm³/mol. The highest BCUT2D eigenvalue weighted by atomic mass is 32.2. The first kappa shape index (κ1) is 16.1. The number of nitrogens with one attached hydrogen (secondary N) is 2. The molecule has 0 spiro atoms. The minimum Gasteiger partial charge on any atom is -0.465 e. The normalized spacial score (nSPS) is 11.7. The molecule has 0 unspecified atom stereocenters. The summed E-state index contributed by atoms with van der Waals surface area (Å²) in [6.45, 7) is 0. The Bertz CT molecular complexity index is 881. The number of H-pyrrole nitrogens is 1. The number of amides is 1. The second-order valence-corrected chi connectivity index (χ2v) is 5.95. The quantitative estimate of drug-likeness (QED) is 0.313. The van der Waals surface area contributed by atoms with Crippen LogP contribution < -0.4 is 9.99 Å². The molecule has 2 N–H and O–H groups in total. The summed E-state index contributed by atoms with van der Waals surface area (Å²) in [5, 5.41) is 4.79. The molecule has 0 atom stereocenters. The number of aryl methyl sites for hydroxylation is 1. The van der Waals surface area contributed by atoms with Gasteiger partial charge in [-0.15, -0.1) is 0 Å². The van der Waals surface area contributed by atoms with Gasteiger partial charge in [0.2, 0.25) is 0 Å². The van der Waals surface area contributed by atoms with Crippen LogP contribution in [0.5, 0.6) is 0 Å². The minimum atomic E-state index is -0.165. The Morgan fingerprint density at radius 3 is 3.04 bits per heavy atom. The van der Waals surface area contributed by atoms with Crippen LogP contribution in [0.15, 0.2) is 63.4 Å². The number of carbonyl (C=O) groups excluding carboxylic acids is 1. The van der Waals surface area contributed by atoms with E-state index in [9.17, 15) is 4.79 Å². The number of aromatic nitrogens is 2. The number of imidazole rings is 1. The zero-order chi connectivity index (χ0) is 16.8. The third-order valence-electron chi connectivity index (χ3n) is 3.31. The van der Waals surface area contributed by atoms with Crippen molar-refractivity contribution < 1.29 is 13.8 Å². The SMILES string of the molecule is C[n+]1c(SCC(=O)NN=CC=Cc2ccco2)[nH]c2ccccc21. The van der Waals surface area contributed by atoms with Crippen molar-refractivity contribution in [2.75, 3.05) is 5.75 Å². The first-order valence-electron chi connectivity index (χ1n) is 7.35. The second-order valence-electron chi connectivity index (χ2n) is 4.98. The van der Waals surface area contributed by atoms with Gasteiger partial charge in [-0.05, 0) is 48.2 Å². The lowest BCUT2D eigenvalue weighted by molar-refractivity contribution is -0.683. The largest absolute Gasteiger partial charge is 0.465 e. The van der Waals surface area contributed by atoms with Crippen LogP contribution in [0.25, 0.3) is 17.1 Å². The summed E-state index contributed by atoms with van der Waals surface area (Å²) < 4.78 is 7.17. The van der Waals surface area contributed by atoms with E-state index in [1.807, 2.05) is 41.9 Å². The number of fused-ring (bicyclic) bond motifs is 1. The molecule has 0 bridgehead atoms. The highest BCUT2D eigenvalue weighted by Gasteiger charge is 2.16. The number of furan rings is 1. The van der Waals surface area contributed by atoms with Gasteiger partial charge in [-0.1, -0.05) is 12.1 Å². The standard InChI is InChI=1S/C17H16N4O2S/c1-21-15-9-3-2-8-14(15)19-17(21)24-12-16(22)20-18-10-4-6-13-7-5-11-23-13/h2-11H,12H2,1H3,(H,20,22)/p+1. The van der Waals surface area contributed by atoms with E-state index in [0.717, 1.165) is 22.0 Å². The first-order valence-corrected chi connectivity index (χ1v) is 8.34. The molecule has 0 aliphatic heterocycles. The number of para-hydroxylation sites is 2. The first-order chi connectivity index (χ1) is 11.7. The summed E-state index contributed by atoms with van der Waals surface area (Å²) in [5.41, 5.74) is 4.63. The Hall–Kier alpha value is -2.80. The molecular formula is C17H17N4O2S+. The molecule has 1 amide bonds. The number of nitrogens with zero attached hydrogens (tertiary/aromatic N) is 2. The van der Waals surface area contributed by atoms with E-state index in [0.29, 0.717) is 0 Å². The van der Waals surface area contributed by atoms with Crippen LogP contribution in [0.1, 0.15) is 5.76 Å². The van der Waals surface area contributed by atoms with Crippen molar-refractivity contribution in [2.45, 2.75) is 5.16 Å². The monoisotopic (exact) mass is 341 g/mol. The fraction of sp³-hybridized carbons (Fsp3) is 0.118. The highest BCUT2D eigenvalue weighted by Crippen LogP contribution is 2.16. The summed E-state index contributed by atoms with van der Waals surface area (Å²) in [6, 6.07) is 11.6. The molecule has 0 radical (unpaired) electrons. The van der Waals surface area contributed by atoms with Crippen LogP contribution in [-0.4, -0.2) is 22.9 Å². The Kier molecular flexibility index (Phi) is 5.12. The minimum absolute atomic E-state index is 0.165. The van der Waals surface area contributed by atoms with Gasteiger partial charge in [0, 0.05) is 6.21 Å². The molecule has 2 heterocycles. The molecule has 0 saturated heterocycles. The average molecular weight is 341 g/mol. The summed E-state index contributed by atoms with van der Waals surface area (Å²) in [7, 11) is 1.97. The maximum absolute atomic E-state index is 11.8. The summed E-state index contributed by atoms with van der Waals surface area (Å²) in [4.78, 5) is 15.1. The third-order valence-corrected chi connectivity index (χ3v) is 4.36. The molecule has 122 valence electrons. The molecule has 0 fully saturated rings. The number of hydrogen-bond acceptors (Lipinski definition) is 4. The highest BCUT2D eigenvalue weighted by molar-refractivity contribution is 7.99. The van der Waals surface area contributed by atoms with Gasteiger partial charge in [-0.25, -0.2) is 15.0 Å². The number of benzene rings is 1. The van der Waals surface area contributed by atoms with E-state index in [1.54, 1.807) is 24.5 Å². The zero-order valence-electron chi connectivity index (χ0n) is 13.1. The smallest absolute Gasteiger partial charge is 0.317 e. The molecule has 1 aromatic carbocycles. The third kappa shape index (κ3) is 3.94. The molecule has 7 heteroatoms. The molecule has 0 saturated carbocycles. The van der Waals surface area contributed by atoms with Gasteiger partial charge >= 0.3 is 5.16 Å². The number of thioether (sulfide) groups is 1. The molecular weight excluding hydrogens is 324 g/mol. The van der Waals surface area contributed by atoms with Crippen molar-refractivity contribution in [2.24, 2.45) is 12.1 Å². The van der Waals surface area contributed by atoms with Crippen molar-refractivity contribution in [1.82, 2.24) is 10.4 Å². The van der Waals surface area contributed by atoms with Crippen LogP contribution >= 0.6 is 11.8 Å². The number of hydrogen-bond donors (Lipinski definition) is 2. The lowest BCUT2D eigenvalue weighted by Gasteiger charge is -1.96. The van der Waals surface area contributed by atoms with Crippen molar-refractivity contribution in [3.63, 3.8) is 0 Å². The lowest BCUT2D eigenvalue weighted by Crippen LogP contribution is -2.30. The number of carbonyl (C=O) groups is 1. The van der Waals surface area contributed by atoms with Gasteiger partial charge in [-0.3, -0.25) is 4.79 Å². The van der Waals surface area contributed by atoms with Crippen LogP contribution in [-0.2, 0) is 11.8 Å². The summed E-state index contributed by atoms with van der Waals surface area (Å²) in [5.74, 6) is 0.843. The van der Waals surface area contributed by atoms with E-state index in [2.05, 4.69) is 15.5 Å². The van der Waals surface area contributed by atoms with Crippen LogP contribution in [0.4, 0.5) is 0 Å². The topological polar surface area (TPSA) is 74.3 Å². The lowest BCUT2D eigenvalue weighted by atomic mass is 10.3. The van der Waals surface area contributed by atoms with Gasteiger partial charge in [0.15, 0.2) is 11.0 Å². The van der Waals surface area contributed by atoms with Crippen LogP contribution in [0, 0.1) is 0 Å². The molecule has 0 aliphatic rings. The van der Waals surface area contributed by atoms with E-state index >= 15 is 0 Å². The fourth-order valence-electron chi connectivity index (χ4n) is 2.16. The summed E-state index contributed by atoms with van der Waals surface area (Å²) >= 11 is 1.43. The Balaban J connectivity index is 1.49. The van der Waals surface area contributed by atoms with Crippen molar-refractivity contribution in [3.8, 4) is 0 Å². The number of allylic oxidation sites excluding steroid dienone is 1. The predicted octanol–water partition coefficient (Wildman–Crippen LogP) is 2.49. The maximum Gasteiger partial charge on any atom is 0.317 e. The van der Waals surface area contributed by atoms with Gasteiger partial charge in [-0.2, -0.15) is 5.10 Å². The zero-order valence-corrected chi connectivity index (χ0v) is 13.9. The van der Waals surface area contributed by atoms with Gasteiger partial charge in [0.05, 0.1) is 19.1 Å². The number of hydrazone groups is 1. The van der Waals surface area contributed by atoms with Gasteiger partial charge < -0.3 is 4.42 Å². The molecule has 0 aliphatic carbocycles. The second kappa shape index (κ2) is 7.65.